The van der Waals surface area contributed by atoms with Crippen LogP contribution in [-0.2, 0) is 11.3 Å². The first-order valence-corrected chi connectivity index (χ1v) is 9.09. The Hall–Kier alpha value is -2.64. The van der Waals surface area contributed by atoms with Crippen LogP contribution in [0.25, 0.3) is 5.69 Å². The highest BCUT2D eigenvalue weighted by Gasteiger charge is 2.40. The van der Waals surface area contributed by atoms with Crippen molar-refractivity contribution < 1.29 is 4.79 Å². The first-order chi connectivity index (χ1) is 13.0. The number of hydrogen-bond donors (Lipinski definition) is 1. The van der Waals surface area contributed by atoms with Crippen LogP contribution >= 0.6 is 23.2 Å². The van der Waals surface area contributed by atoms with Crippen LogP contribution in [0.3, 0.4) is 0 Å². The van der Waals surface area contributed by atoms with E-state index in [0.717, 1.165) is 22.4 Å². The molecule has 0 bridgehead atoms. The zero-order valence-electron chi connectivity index (χ0n) is 14.0. The van der Waals surface area contributed by atoms with Crippen molar-refractivity contribution in [2.75, 3.05) is 0 Å². The first-order valence-electron chi connectivity index (χ1n) is 8.33. The normalized spacial score (nSPS) is 18.3. The van der Waals surface area contributed by atoms with Crippen molar-refractivity contribution in [3.05, 3.63) is 74.9 Å². The summed E-state index contributed by atoms with van der Waals surface area (Å²) in [5.74, 6) is -0.0872. The molecule has 138 valence electrons. The molecule has 27 heavy (non-hydrogen) atoms. The lowest BCUT2D eigenvalue weighted by atomic mass is 10.2. The van der Waals surface area contributed by atoms with Gasteiger partial charge in [-0.15, -0.1) is 0 Å². The predicted molar refractivity (Wildman–Crippen MR) is 101 cm³/mol. The average molecular weight is 404 g/mol. The van der Waals surface area contributed by atoms with E-state index in [1.165, 1.54) is 6.20 Å². The molecule has 1 aromatic carbocycles. The van der Waals surface area contributed by atoms with Gasteiger partial charge in [-0.1, -0.05) is 41.4 Å². The monoisotopic (exact) mass is 403 g/mol. The summed E-state index contributed by atoms with van der Waals surface area (Å²) in [6, 6.07) is 9.83. The van der Waals surface area contributed by atoms with Gasteiger partial charge in [0.1, 0.15) is 11.6 Å². The molecule has 0 saturated heterocycles. The van der Waals surface area contributed by atoms with Gasteiger partial charge in [0, 0.05) is 18.2 Å². The Morgan fingerprint density at radius 2 is 1.96 bits per heavy atom. The number of amides is 1. The zero-order chi connectivity index (χ0) is 19.0. The fourth-order valence-corrected chi connectivity index (χ4v) is 3.19. The van der Waals surface area contributed by atoms with Crippen molar-refractivity contribution in [3.8, 4) is 5.69 Å². The molecule has 2 aromatic heterocycles. The molecule has 0 radical (unpaired) electrons. The number of nitrogens with one attached hydrogen (secondary N) is 1. The number of carbonyl (C=O) groups is 1. The zero-order valence-corrected chi connectivity index (χ0v) is 15.6. The van der Waals surface area contributed by atoms with E-state index >= 15 is 0 Å². The fourth-order valence-electron chi connectivity index (χ4n) is 2.92. The van der Waals surface area contributed by atoms with Gasteiger partial charge in [-0.25, -0.2) is 9.36 Å². The third-order valence-electron chi connectivity index (χ3n) is 4.42. The van der Waals surface area contributed by atoms with Crippen molar-refractivity contribution in [1.82, 2.24) is 24.9 Å². The number of halogens is 2. The molecule has 4 rings (SSSR count). The molecule has 1 amide bonds. The highest BCUT2D eigenvalue weighted by atomic mass is 35.5. The number of benzene rings is 1. The van der Waals surface area contributed by atoms with Gasteiger partial charge in [0.2, 0.25) is 5.91 Å². The minimum absolute atomic E-state index is 0.0180. The molecule has 0 spiro atoms. The summed E-state index contributed by atoms with van der Waals surface area (Å²) < 4.78 is 2.81. The average Bonchev–Trinajstić information content (AvgIpc) is 3.25. The number of nitrogens with zero attached hydrogens (tertiary/aromatic N) is 4. The maximum absolute atomic E-state index is 12.2. The number of rotatable bonds is 5. The summed E-state index contributed by atoms with van der Waals surface area (Å²) in [5.41, 5.74) is 1.46. The van der Waals surface area contributed by atoms with Crippen LogP contribution in [0.1, 0.15) is 17.9 Å². The summed E-state index contributed by atoms with van der Waals surface area (Å²) in [5, 5.41) is 11.0. The lowest BCUT2D eigenvalue weighted by Crippen LogP contribution is -2.35. The highest BCUT2D eigenvalue weighted by Crippen LogP contribution is 2.40. The van der Waals surface area contributed by atoms with E-state index < -0.39 is 5.56 Å². The van der Waals surface area contributed by atoms with Crippen LogP contribution < -0.4 is 10.9 Å². The van der Waals surface area contributed by atoms with Crippen molar-refractivity contribution >= 4 is 29.1 Å². The third-order valence-corrected chi connectivity index (χ3v) is 5.17. The Bertz CT molecular complexity index is 1050. The van der Waals surface area contributed by atoms with Crippen molar-refractivity contribution in [2.24, 2.45) is 0 Å². The molecule has 1 aliphatic carbocycles. The second-order valence-corrected chi connectivity index (χ2v) is 7.12. The summed E-state index contributed by atoms with van der Waals surface area (Å²) in [7, 11) is 0. The Morgan fingerprint density at radius 3 is 2.74 bits per heavy atom. The fraction of sp³-hybridized carbons (Fsp3) is 0.222. The smallest absolute Gasteiger partial charge is 0.287 e. The molecule has 3 aromatic rings. The summed E-state index contributed by atoms with van der Waals surface area (Å²) in [4.78, 5) is 24.1. The lowest BCUT2D eigenvalue weighted by molar-refractivity contribution is -0.122. The van der Waals surface area contributed by atoms with Gasteiger partial charge in [0.15, 0.2) is 0 Å². The van der Waals surface area contributed by atoms with Gasteiger partial charge >= 0.3 is 0 Å². The molecule has 2 heterocycles. The van der Waals surface area contributed by atoms with Gasteiger partial charge in [-0.2, -0.15) is 10.2 Å². The Kier molecular flexibility index (Phi) is 4.72. The topological polar surface area (TPSA) is 81.8 Å². The Balaban J connectivity index is 1.37. The van der Waals surface area contributed by atoms with E-state index in [0.29, 0.717) is 0 Å². The van der Waals surface area contributed by atoms with Gasteiger partial charge in [0.05, 0.1) is 23.1 Å². The minimum Gasteiger partial charge on any atom is -0.351 e. The maximum Gasteiger partial charge on any atom is 0.287 e. The summed E-state index contributed by atoms with van der Waals surface area (Å²) >= 11 is 11.5. The van der Waals surface area contributed by atoms with E-state index in [4.69, 9.17) is 23.2 Å². The molecule has 9 heteroatoms. The highest BCUT2D eigenvalue weighted by molar-refractivity contribution is 6.41. The Labute approximate surface area is 164 Å². The Morgan fingerprint density at radius 1 is 1.19 bits per heavy atom. The van der Waals surface area contributed by atoms with Crippen LogP contribution in [0.5, 0.6) is 0 Å². The van der Waals surface area contributed by atoms with Crippen LogP contribution in [0, 0.1) is 0 Å². The van der Waals surface area contributed by atoms with E-state index in [-0.39, 0.29) is 34.5 Å². The van der Waals surface area contributed by atoms with E-state index in [2.05, 4.69) is 15.5 Å². The predicted octanol–water partition coefficient (Wildman–Crippen LogP) is 2.41. The van der Waals surface area contributed by atoms with Crippen molar-refractivity contribution in [3.63, 3.8) is 0 Å². The van der Waals surface area contributed by atoms with E-state index in [9.17, 15) is 9.59 Å². The largest absolute Gasteiger partial charge is 0.351 e. The lowest BCUT2D eigenvalue weighted by Gasteiger charge is -2.06. The van der Waals surface area contributed by atoms with Gasteiger partial charge in [-0.05, 0) is 24.1 Å². The molecule has 7 nitrogen and oxygen atoms in total. The van der Waals surface area contributed by atoms with Gasteiger partial charge in [0.25, 0.3) is 5.56 Å². The van der Waals surface area contributed by atoms with Gasteiger partial charge in [-0.3, -0.25) is 9.59 Å². The number of aromatic nitrogens is 4. The second kappa shape index (κ2) is 7.17. The number of carbonyl (C=O) groups excluding carboxylic acids is 1. The molecule has 1 saturated carbocycles. The third kappa shape index (κ3) is 3.74. The molecule has 1 N–H and O–H groups in total. The summed E-state index contributed by atoms with van der Waals surface area (Å²) in [6.07, 6.45) is 5.86. The van der Waals surface area contributed by atoms with Gasteiger partial charge < -0.3 is 5.32 Å². The van der Waals surface area contributed by atoms with Crippen molar-refractivity contribution in [2.45, 2.75) is 24.9 Å². The SMILES string of the molecule is O=C(Cn1ncc(Cl)c(Cl)c1=O)N[C@@H]1C[C@H]1c1cnn(-c2ccccc2)c1. The first kappa shape index (κ1) is 17.8. The minimum atomic E-state index is -0.587. The molecular formula is C18H15Cl2N5O2. The van der Waals surface area contributed by atoms with E-state index in [1.54, 1.807) is 0 Å². The number of hydrogen-bond acceptors (Lipinski definition) is 4. The standard InChI is InChI=1S/C18H15Cl2N5O2/c19-14-8-22-25(18(27)17(14)20)10-16(26)23-15-6-13(15)11-7-21-24(9-11)12-4-2-1-3-5-12/h1-5,7-9,13,15H,6,10H2,(H,23,26)/t13-,15+/m0/s1. The molecular weight excluding hydrogens is 389 g/mol. The molecule has 0 unspecified atom stereocenters. The second-order valence-electron chi connectivity index (χ2n) is 6.34. The maximum atomic E-state index is 12.2. The van der Waals surface area contributed by atoms with E-state index in [1.807, 2.05) is 47.4 Å². The van der Waals surface area contributed by atoms with Crippen LogP contribution in [0.4, 0.5) is 0 Å². The van der Waals surface area contributed by atoms with Crippen LogP contribution in [0.15, 0.2) is 53.7 Å². The number of para-hydroxylation sites is 1. The quantitative estimate of drug-likeness (QED) is 0.708. The molecule has 0 aliphatic heterocycles. The summed E-state index contributed by atoms with van der Waals surface area (Å²) in [6.45, 7) is -0.206. The molecule has 1 aliphatic rings. The van der Waals surface area contributed by atoms with Crippen molar-refractivity contribution in [1.29, 1.82) is 0 Å². The molecule has 1 fully saturated rings. The van der Waals surface area contributed by atoms with Crippen LogP contribution in [-0.4, -0.2) is 31.5 Å². The molecule has 2 atom stereocenters. The van der Waals surface area contributed by atoms with Crippen LogP contribution in [0.2, 0.25) is 10.0 Å².